The van der Waals surface area contributed by atoms with Gasteiger partial charge in [0, 0.05) is 19.3 Å². The molecule has 0 atom stereocenters. The van der Waals surface area contributed by atoms with E-state index in [1.54, 1.807) is 4.68 Å². The molecule has 2 N–H and O–H groups in total. The molecule has 0 fully saturated rings. The first-order valence-corrected chi connectivity index (χ1v) is 7.67. The summed E-state index contributed by atoms with van der Waals surface area (Å²) >= 11 is 0. The Morgan fingerprint density at radius 3 is 2.68 bits per heavy atom. The lowest BCUT2D eigenvalue weighted by Crippen LogP contribution is -2.32. The van der Waals surface area contributed by atoms with Crippen LogP contribution < -0.4 is 5.73 Å². The third kappa shape index (κ3) is 3.49. The molecule has 0 spiro atoms. The van der Waals surface area contributed by atoms with Crippen LogP contribution in [0.2, 0.25) is 0 Å². The number of sulfonamides is 1. The molecule has 0 radical (unpaired) electrons. The average molecular weight is 284 g/mol. The van der Waals surface area contributed by atoms with Crippen LogP contribution in [0, 0.1) is 12.3 Å². The van der Waals surface area contributed by atoms with Crippen molar-refractivity contribution in [3.8, 4) is 12.3 Å². The molecule has 0 unspecified atom stereocenters. The summed E-state index contributed by atoms with van der Waals surface area (Å²) in [7, 11) is -3.67. The van der Waals surface area contributed by atoms with E-state index in [9.17, 15) is 8.42 Å². The molecule has 0 bridgehead atoms. The van der Waals surface area contributed by atoms with Gasteiger partial charge in [0.25, 0.3) is 0 Å². The molecule has 0 saturated heterocycles. The molecule has 0 amide bonds. The maximum Gasteiger partial charge on any atom is 0.249 e. The summed E-state index contributed by atoms with van der Waals surface area (Å²) in [6.45, 7) is 4.90. The van der Waals surface area contributed by atoms with Crippen molar-refractivity contribution in [3.63, 3.8) is 0 Å². The van der Waals surface area contributed by atoms with Crippen molar-refractivity contribution in [2.24, 2.45) is 0 Å². The monoisotopic (exact) mass is 284 g/mol. The first-order valence-electron chi connectivity index (χ1n) is 6.23. The van der Waals surface area contributed by atoms with Crippen molar-refractivity contribution in [2.75, 3.05) is 18.8 Å². The number of hydrogen-bond donors (Lipinski definition) is 1. The Hall–Kier alpha value is -1.52. The molecule has 1 heterocycles. The lowest BCUT2D eigenvalue weighted by Gasteiger charge is -2.18. The number of anilines is 1. The Bertz CT molecular complexity index is 557. The van der Waals surface area contributed by atoms with Gasteiger partial charge in [0.05, 0.1) is 6.54 Å². The molecule has 1 aromatic rings. The van der Waals surface area contributed by atoms with Crippen LogP contribution in [-0.2, 0) is 16.6 Å². The second kappa shape index (κ2) is 6.59. The Morgan fingerprint density at radius 2 is 2.16 bits per heavy atom. The van der Waals surface area contributed by atoms with Crippen molar-refractivity contribution in [1.29, 1.82) is 0 Å². The number of aromatic nitrogens is 2. The number of nitrogens with two attached hydrogens (primary N) is 1. The Balaban J connectivity index is 3.14. The Morgan fingerprint density at radius 1 is 1.47 bits per heavy atom. The van der Waals surface area contributed by atoms with Gasteiger partial charge in [-0.25, -0.2) is 8.42 Å². The highest BCUT2D eigenvalue weighted by Crippen LogP contribution is 2.21. The van der Waals surface area contributed by atoms with E-state index < -0.39 is 10.0 Å². The highest BCUT2D eigenvalue weighted by molar-refractivity contribution is 7.89. The Labute approximate surface area is 114 Å². The molecule has 0 saturated carbocycles. The standard InChI is InChI=1S/C12H20N4O2S/c1-4-7-15-10-11(12(13)14-15)19(17,18)16(8-5-2)9-6-3/h2,10H,4,6-9H2,1,3H3,(H2,13,14). The highest BCUT2D eigenvalue weighted by Gasteiger charge is 2.27. The topological polar surface area (TPSA) is 81.2 Å². The van der Waals surface area contributed by atoms with Crippen LogP contribution in [-0.4, -0.2) is 35.6 Å². The van der Waals surface area contributed by atoms with Gasteiger partial charge in [0.1, 0.15) is 4.90 Å². The van der Waals surface area contributed by atoms with E-state index in [1.807, 2.05) is 13.8 Å². The number of rotatable bonds is 7. The number of hydrogen-bond acceptors (Lipinski definition) is 4. The smallest absolute Gasteiger partial charge is 0.249 e. The molecule has 6 nitrogen and oxygen atoms in total. The molecular weight excluding hydrogens is 264 g/mol. The fraction of sp³-hybridized carbons (Fsp3) is 0.583. The van der Waals surface area contributed by atoms with Crippen molar-refractivity contribution in [2.45, 2.75) is 38.1 Å². The summed E-state index contributed by atoms with van der Waals surface area (Å²) in [6, 6.07) is 0. The molecular formula is C12H20N4O2S. The SMILES string of the molecule is C#CCN(CCC)S(=O)(=O)c1cn(CCC)nc1N. The summed E-state index contributed by atoms with van der Waals surface area (Å²) in [5.74, 6) is 2.38. The van der Waals surface area contributed by atoms with Crippen LogP contribution in [0.15, 0.2) is 11.1 Å². The average Bonchev–Trinajstić information content (AvgIpc) is 2.71. The number of nitrogen functional groups attached to an aromatic ring is 1. The number of terminal acetylenes is 1. The molecule has 0 aliphatic carbocycles. The van der Waals surface area contributed by atoms with Crippen LogP contribution in [0.1, 0.15) is 26.7 Å². The van der Waals surface area contributed by atoms with Crippen LogP contribution in [0.3, 0.4) is 0 Å². The van der Waals surface area contributed by atoms with E-state index in [0.717, 1.165) is 6.42 Å². The molecule has 7 heteroatoms. The normalized spacial score (nSPS) is 11.7. The summed E-state index contributed by atoms with van der Waals surface area (Å²) < 4.78 is 27.7. The lowest BCUT2D eigenvalue weighted by molar-refractivity contribution is 0.446. The first kappa shape index (κ1) is 15.5. The third-order valence-electron chi connectivity index (χ3n) is 2.57. The zero-order chi connectivity index (χ0) is 14.5. The molecule has 19 heavy (non-hydrogen) atoms. The quantitative estimate of drug-likeness (QED) is 0.755. The maximum atomic E-state index is 12.4. The zero-order valence-electron chi connectivity index (χ0n) is 11.3. The molecule has 0 aliphatic heterocycles. The maximum absolute atomic E-state index is 12.4. The second-order valence-electron chi connectivity index (χ2n) is 4.18. The van der Waals surface area contributed by atoms with E-state index in [-0.39, 0.29) is 17.3 Å². The van der Waals surface area contributed by atoms with Gasteiger partial charge in [-0.05, 0) is 12.8 Å². The lowest BCUT2D eigenvalue weighted by atomic mass is 10.5. The van der Waals surface area contributed by atoms with Gasteiger partial charge in [-0.3, -0.25) is 4.68 Å². The van der Waals surface area contributed by atoms with E-state index in [1.165, 1.54) is 10.5 Å². The van der Waals surface area contributed by atoms with Gasteiger partial charge < -0.3 is 5.73 Å². The summed E-state index contributed by atoms with van der Waals surface area (Å²) in [5.41, 5.74) is 5.70. The summed E-state index contributed by atoms with van der Waals surface area (Å²) in [5, 5.41) is 4.01. The van der Waals surface area contributed by atoms with Crippen LogP contribution >= 0.6 is 0 Å². The molecule has 1 rings (SSSR count). The summed E-state index contributed by atoms with van der Waals surface area (Å²) in [6.07, 6.45) is 8.22. The predicted molar refractivity (Wildman–Crippen MR) is 74.8 cm³/mol. The van der Waals surface area contributed by atoms with Gasteiger partial charge in [-0.1, -0.05) is 19.8 Å². The summed E-state index contributed by atoms with van der Waals surface area (Å²) in [4.78, 5) is 0.0321. The van der Waals surface area contributed by atoms with E-state index >= 15 is 0 Å². The molecule has 0 aliphatic rings. The number of aryl methyl sites for hydroxylation is 1. The molecule has 106 valence electrons. The van der Waals surface area contributed by atoms with Crippen molar-refractivity contribution < 1.29 is 8.42 Å². The van der Waals surface area contributed by atoms with Crippen LogP contribution in [0.25, 0.3) is 0 Å². The largest absolute Gasteiger partial charge is 0.381 e. The van der Waals surface area contributed by atoms with Crippen molar-refractivity contribution >= 4 is 15.8 Å². The van der Waals surface area contributed by atoms with Gasteiger partial charge in [0.15, 0.2) is 5.82 Å². The predicted octanol–water partition coefficient (Wildman–Crippen LogP) is 0.909. The minimum Gasteiger partial charge on any atom is -0.381 e. The van der Waals surface area contributed by atoms with Gasteiger partial charge >= 0.3 is 0 Å². The minimum atomic E-state index is -3.67. The van der Waals surface area contributed by atoms with Gasteiger partial charge in [0.2, 0.25) is 10.0 Å². The van der Waals surface area contributed by atoms with E-state index in [0.29, 0.717) is 19.5 Å². The van der Waals surface area contributed by atoms with E-state index in [4.69, 9.17) is 12.2 Å². The highest BCUT2D eigenvalue weighted by atomic mass is 32.2. The third-order valence-corrected chi connectivity index (χ3v) is 4.43. The fourth-order valence-corrected chi connectivity index (χ4v) is 3.24. The molecule has 1 aromatic heterocycles. The van der Waals surface area contributed by atoms with Crippen molar-refractivity contribution in [1.82, 2.24) is 14.1 Å². The zero-order valence-corrected chi connectivity index (χ0v) is 12.2. The van der Waals surface area contributed by atoms with Gasteiger partial charge in [-0.2, -0.15) is 9.40 Å². The van der Waals surface area contributed by atoms with Crippen LogP contribution in [0.5, 0.6) is 0 Å². The number of nitrogens with zero attached hydrogens (tertiary/aromatic N) is 3. The Kier molecular flexibility index (Phi) is 5.39. The second-order valence-corrected chi connectivity index (χ2v) is 6.09. The van der Waals surface area contributed by atoms with Crippen molar-refractivity contribution in [3.05, 3.63) is 6.20 Å². The fourth-order valence-electron chi connectivity index (χ4n) is 1.73. The first-order chi connectivity index (χ1) is 8.97. The molecule has 0 aromatic carbocycles. The minimum absolute atomic E-state index is 0.0200. The van der Waals surface area contributed by atoms with E-state index in [2.05, 4.69) is 11.0 Å². The van der Waals surface area contributed by atoms with Crippen LogP contribution in [0.4, 0.5) is 5.82 Å². The van der Waals surface area contributed by atoms with Gasteiger partial charge in [-0.15, -0.1) is 6.42 Å².